The van der Waals surface area contributed by atoms with E-state index < -0.39 is 26.6 Å². The Bertz CT molecular complexity index is 795. The van der Waals surface area contributed by atoms with Crippen LogP contribution in [0.3, 0.4) is 0 Å². The van der Waals surface area contributed by atoms with Gasteiger partial charge in [-0.15, -0.1) is 0 Å². The third-order valence-corrected chi connectivity index (χ3v) is 7.54. The van der Waals surface area contributed by atoms with Crippen molar-refractivity contribution in [3.8, 4) is 0 Å². The van der Waals surface area contributed by atoms with Crippen molar-refractivity contribution in [3.63, 3.8) is 0 Å². The van der Waals surface area contributed by atoms with E-state index in [9.17, 15) is 22.0 Å². The Labute approximate surface area is 165 Å². The molecule has 0 spiro atoms. The minimum absolute atomic E-state index is 0.00502. The number of amides is 1. The van der Waals surface area contributed by atoms with Crippen molar-refractivity contribution in [1.82, 2.24) is 9.21 Å². The summed E-state index contributed by atoms with van der Waals surface area (Å²) < 4.78 is 54.2. The number of halogens is 2. The number of carbonyl (C=O) groups is 1. The fraction of sp³-hybridized carbons (Fsp3) is 0.632. The lowest BCUT2D eigenvalue weighted by molar-refractivity contribution is -0.904. The monoisotopic (exact) mass is 416 g/mol. The van der Waals surface area contributed by atoms with Crippen LogP contribution in [0, 0.1) is 23.5 Å². The Morgan fingerprint density at radius 3 is 2.14 bits per heavy atom. The average molecular weight is 417 g/mol. The Kier molecular flexibility index (Phi) is 6.36. The Morgan fingerprint density at radius 1 is 1.07 bits per heavy atom. The van der Waals surface area contributed by atoms with Gasteiger partial charge in [0.05, 0.1) is 13.1 Å². The molecule has 1 N–H and O–H groups in total. The van der Waals surface area contributed by atoms with Crippen molar-refractivity contribution < 1.29 is 26.9 Å². The van der Waals surface area contributed by atoms with Crippen LogP contribution in [0.4, 0.5) is 8.78 Å². The van der Waals surface area contributed by atoms with E-state index in [1.54, 1.807) is 4.90 Å². The van der Waals surface area contributed by atoms with Crippen LogP contribution in [0.15, 0.2) is 23.1 Å². The lowest BCUT2D eigenvalue weighted by atomic mass is 9.92. The Morgan fingerprint density at radius 2 is 1.61 bits per heavy atom. The van der Waals surface area contributed by atoms with Crippen molar-refractivity contribution in [2.75, 3.05) is 45.8 Å². The highest BCUT2D eigenvalue weighted by molar-refractivity contribution is 7.89. The van der Waals surface area contributed by atoms with Gasteiger partial charge < -0.3 is 9.80 Å². The van der Waals surface area contributed by atoms with Crippen LogP contribution in [0.1, 0.15) is 20.3 Å². The molecule has 0 bridgehead atoms. The molecule has 0 unspecified atom stereocenters. The van der Waals surface area contributed by atoms with Crippen LogP contribution in [-0.2, 0) is 14.8 Å². The third kappa shape index (κ3) is 4.52. The smallest absolute Gasteiger partial charge is 0.277 e. The van der Waals surface area contributed by atoms with Gasteiger partial charge in [0.15, 0.2) is 11.4 Å². The summed E-state index contributed by atoms with van der Waals surface area (Å²) in [6, 6.07) is 2.99. The summed E-state index contributed by atoms with van der Waals surface area (Å²) in [5.74, 6) is -1.02. The number of hydrogen-bond acceptors (Lipinski definition) is 3. The van der Waals surface area contributed by atoms with E-state index in [1.807, 2.05) is 0 Å². The second-order valence-corrected chi connectivity index (χ2v) is 9.99. The molecule has 9 heteroatoms. The van der Waals surface area contributed by atoms with E-state index in [1.165, 1.54) is 11.3 Å². The molecule has 0 radical (unpaired) electrons. The van der Waals surface area contributed by atoms with Gasteiger partial charge in [-0.3, -0.25) is 4.79 Å². The molecule has 2 atom stereocenters. The summed E-state index contributed by atoms with van der Waals surface area (Å²) in [4.78, 5) is 14.6. The molecule has 2 fully saturated rings. The molecule has 6 nitrogen and oxygen atoms in total. The minimum atomic E-state index is -4.27. The topological polar surface area (TPSA) is 62.1 Å². The van der Waals surface area contributed by atoms with Gasteiger partial charge in [0, 0.05) is 38.0 Å². The second-order valence-electron chi connectivity index (χ2n) is 8.12. The number of rotatable bonds is 4. The number of benzene rings is 1. The summed E-state index contributed by atoms with van der Waals surface area (Å²) in [5.41, 5.74) is 0. The molecule has 156 valence electrons. The maximum absolute atomic E-state index is 13.9. The van der Waals surface area contributed by atoms with Crippen molar-refractivity contribution in [2.45, 2.75) is 25.2 Å². The molecule has 28 heavy (non-hydrogen) atoms. The first-order chi connectivity index (χ1) is 13.2. The molecule has 2 heterocycles. The van der Waals surface area contributed by atoms with E-state index in [2.05, 4.69) is 13.8 Å². The van der Waals surface area contributed by atoms with Gasteiger partial charge in [-0.25, -0.2) is 17.2 Å². The molecule has 2 aliphatic heterocycles. The van der Waals surface area contributed by atoms with Gasteiger partial charge in [-0.2, -0.15) is 4.31 Å². The highest BCUT2D eigenvalue weighted by Gasteiger charge is 2.35. The van der Waals surface area contributed by atoms with Crippen LogP contribution in [0.2, 0.25) is 0 Å². The molecular formula is C19H28F2N3O3S+. The van der Waals surface area contributed by atoms with E-state index in [4.69, 9.17) is 0 Å². The zero-order chi connectivity index (χ0) is 20.5. The fourth-order valence-electron chi connectivity index (χ4n) is 4.43. The molecule has 0 saturated carbocycles. The first-order valence-electron chi connectivity index (χ1n) is 9.74. The largest absolute Gasteiger partial charge is 0.335 e. The zero-order valence-electron chi connectivity index (χ0n) is 16.3. The van der Waals surface area contributed by atoms with Crippen molar-refractivity contribution in [3.05, 3.63) is 29.8 Å². The lowest BCUT2D eigenvalue weighted by Crippen LogP contribution is -3.15. The lowest BCUT2D eigenvalue weighted by Gasteiger charge is -2.36. The minimum Gasteiger partial charge on any atom is -0.335 e. The van der Waals surface area contributed by atoms with E-state index in [-0.39, 0.29) is 32.1 Å². The number of carbonyl (C=O) groups excluding carboxylic acids is 1. The standard InChI is InChI=1S/C19H27F2N3O3S/c1-14-10-15(2)12-22(11-14)13-18(25)23-6-8-24(9-7-23)28(26,27)19-16(20)4-3-5-17(19)21/h3-5,14-15H,6-13H2,1-2H3/p+1/t14-,15-/m0/s1. The van der Waals surface area contributed by atoms with Gasteiger partial charge in [0.1, 0.15) is 11.6 Å². The Balaban J connectivity index is 1.60. The molecule has 2 aliphatic rings. The quantitative estimate of drug-likeness (QED) is 0.771. The summed E-state index contributed by atoms with van der Waals surface area (Å²) in [7, 11) is -4.27. The normalized spacial score (nSPS) is 27.0. The van der Waals surface area contributed by atoms with Crippen molar-refractivity contribution in [2.24, 2.45) is 11.8 Å². The average Bonchev–Trinajstić information content (AvgIpc) is 2.60. The van der Waals surface area contributed by atoms with Crippen LogP contribution in [-0.4, -0.2) is 69.3 Å². The zero-order valence-corrected chi connectivity index (χ0v) is 17.1. The van der Waals surface area contributed by atoms with E-state index >= 15 is 0 Å². The summed E-state index contributed by atoms with van der Waals surface area (Å²) in [5, 5.41) is 0. The van der Waals surface area contributed by atoms with E-state index in [0.717, 1.165) is 35.6 Å². The predicted molar refractivity (Wildman–Crippen MR) is 100 cm³/mol. The van der Waals surface area contributed by atoms with Crippen LogP contribution in [0.5, 0.6) is 0 Å². The molecule has 1 aromatic rings. The summed E-state index contributed by atoms with van der Waals surface area (Å²) in [6.45, 7) is 7.27. The van der Waals surface area contributed by atoms with Gasteiger partial charge in [0.25, 0.3) is 5.91 Å². The number of hydrogen-bond donors (Lipinski definition) is 1. The molecule has 1 aromatic carbocycles. The predicted octanol–water partition coefficient (Wildman–Crippen LogP) is 0.359. The van der Waals surface area contributed by atoms with E-state index in [0.29, 0.717) is 18.4 Å². The van der Waals surface area contributed by atoms with Crippen LogP contribution >= 0.6 is 0 Å². The summed E-state index contributed by atoms with van der Waals surface area (Å²) in [6.07, 6.45) is 1.18. The van der Waals surface area contributed by atoms with Gasteiger partial charge in [-0.1, -0.05) is 19.9 Å². The highest BCUT2D eigenvalue weighted by atomic mass is 32.2. The number of sulfonamides is 1. The SMILES string of the molecule is C[C@H]1C[C@H](C)C[NH+](CC(=O)N2CCN(S(=O)(=O)c3c(F)cccc3F)CC2)C1. The molecule has 0 aromatic heterocycles. The number of piperazine rings is 1. The van der Waals surface area contributed by atoms with Crippen LogP contribution in [0.25, 0.3) is 0 Å². The number of nitrogens with one attached hydrogen (secondary N) is 1. The fourth-order valence-corrected chi connectivity index (χ4v) is 5.96. The summed E-state index contributed by atoms with van der Waals surface area (Å²) >= 11 is 0. The molecule has 0 aliphatic carbocycles. The number of piperidine rings is 1. The molecule has 1 amide bonds. The Hall–Kier alpha value is -1.58. The maximum atomic E-state index is 13.9. The van der Waals surface area contributed by atoms with Gasteiger partial charge in [0.2, 0.25) is 10.0 Å². The molecular weight excluding hydrogens is 388 g/mol. The first kappa shape index (κ1) is 21.1. The number of likely N-dealkylation sites (tertiary alicyclic amines) is 1. The van der Waals surface area contributed by atoms with Crippen LogP contribution < -0.4 is 4.90 Å². The molecule has 3 rings (SSSR count). The third-order valence-electron chi connectivity index (χ3n) is 5.59. The van der Waals surface area contributed by atoms with Crippen molar-refractivity contribution >= 4 is 15.9 Å². The number of nitrogens with zero attached hydrogens (tertiary/aromatic N) is 2. The first-order valence-corrected chi connectivity index (χ1v) is 11.2. The van der Waals surface area contributed by atoms with Gasteiger partial charge in [-0.05, 0) is 18.6 Å². The maximum Gasteiger partial charge on any atom is 0.277 e. The highest BCUT2D eigenvalue weighted by Crippen LogP contribution is 2.23. The van der Waals surface area contributed by atoms with Crippen molar-refractivity contribution in [1.29, 1.82) is 0 Å². The second kappa shape index (κ2) is 8.42. The number of quaternary nitrogens is 1. The van der Waals surface area contributed by atoms with Gasteiger partial charge >= 0.3 is 0 Å². The molecule has 2 saturated heterocycles.